The molecule has 1 fully saturated rings. The van der Waals surface area contributed by atoms with E-state index in [1.165, 1.54) is 0 Å². The molecule has 4 unspecified atom stereocenters. The minimum atomic E-state index is -0.818. The van der Waals surface area contributed by atoms with Gasteiger partial charge in [0, 0.05) is 0 Å². The van der Waals surface area contributed by atoms with Crippen LogP contribution in [0, 0.1) is 16.2 Å². The molecule has 28 heavy (non-hydrogen) atoms. The molecule has 1 aliphatic heterocycles. The molecule has 0 aromatic rings. The molecule has 1 saturated heterocycles. The number of carboxylic acids is 1. The number of cyclic esters (lactones) is 2. The largest absolute Gasteiger partial charge is 0.509 e. The number of rotatable bonds is 11. The topological polar surface area (TPSA) is 93.1 Å². The number of ether oxygens (including phenoxy) is 2. The third-order valence-electron chi connectivity index (χ3n) is 6.20. The fourth-order valence-corrected chi connectivity index (χ4v) is 4.57. The number of aliphatic carboxylic acids is 1. The lowest BCUT2D eigenvalue weighted by Crippen LogP contribution is -2.38. The number of aliphatic hydroxyl groups is 1. The summed E-state index contributed by atoms with van der Waals surface area (Å²) < 4.78 is 10.9. The average molecular weight is 401 g/mol. The van der Waals surface area contributed by atoms with Crippen LogP contribution in [-0.4, -0.2) is 40.1 Å². The molecule has 0 bridgehead atoms. The van der Waals surface area contributed by atoms with Crippen LogP contribution in [0.15, 0.2) is 0 Å². The molecule has 1 heterocycles. The van der Waals surface area contributed by atoms with Crippen molar-refractivity contribution in [2.45, 2.75) is 112 Å². The summed E-state index contributed by atoms with van der Waals surface area (Å²) in [5.41, 5.74) is -2.16. The fraction of sp³-hybridized carbons (Fsp3) is 0.909. The second-order valence-corrected chi connectivity index (χ2v) is 10.7. The van der Waals surface area contributed by atoms with Gasteiger partial charge in [0.2, 0.25) is 0 Å². The normalized spacial score (nSPS) is 24.8. The summed E-state index contributed by atoms with van der Waals surface area (Å²) in [5.74, 6) is -0.803. The Morgan fingerprint density at radius 2 is 1.32 bits per heavy atom. The minimum Gasteiger partial charge on any atom is -0.481 e. The molecule has 0 aliphatic carbocycles. The maximum Gasteiger partial charge on any atom is 0.509 e. The summed E-state index contributed by atoms with van der Waals surface area (Å²) in [4.78, 5) is 23.5. The lowest BCUT2D eigenvalue weighted by atomic mass is 9.69. The quantitative estimate of drug-likeness (QED) is 0.465. The Kier molecular flexibility index (Phi) is 7.60. The van der Waals surface area contributed by atoms with Crippen LogP contribution in [0.2, 0.25) is 0 Å². The first-order valence-electron chi connectivity index (χ1n) is 10.4. The zero-order valence-corrected chi connectivity index (χ0v) is 18.9. The second-order valence-electron chi connectivity index (χ2n) is 10.7. The SMILES string of the molecule is CCC(C)(O)CC(C)(C)CC1OC(=O)OC1CC(C)(C)CC(C)(CC)C(=O)O. The van der Waals surface area contributed by atoms with Gasteiger partial charge in [-0.2, -0.15) is 0 Å². The van der Waals surface area contributed by atoms with E-state index in [4.69, 9.17) is 9.47 Å². The van der Waals surface area contributed by atoms with Gasteiger partial charge in [0.05, 0.1) is 11.0 Å². The van der Waals surface area contributed by atoms with Crippen molar-refractivity contribution in [3.05, 3.63) is 0 Å². The predicted octanol–water partition coefficient (Wildman–Crippen LogP) is 5.17. The smallest absolute Gasteiger partial charge is 0.481 e. The third kappa shape index (κ3) is 6.94. The summed E-state index contributed by atoms with van der Waals surface area (Å²) in [6.07, 6.45) is 1.91. The number of carbonyl (C=O) groups is 2. The van der Waals surface area contributed by atoms with Crippen molar-refractivity contribution in [1.29, 1.82) is 0 Å². The van der Waals surface area contributed by atoms with Crippen LogP contribution < -0.4 is 0 Å². The number of hydrogen-bond donors (Lipinski definition) is 2. The maximum absolute atomic E-state index is 11.8. The van der Waals surface area contributed by atoms with Gasteiger partial charge in [-0.05, 0) is 63.2 Å². The number of hydrogen-bond acceptors (Lipinski definition) is 5. The zero-order valence-electron chi connectivity index (χ0n) is 18.9. The Bertz CT molecular complexity index is 565. The number of carboxylic acid groups (broad SMARTS) is 1. The highest BCUT2D eigenvalue weighted by Crippen LogP contribution is 2.43. The Morgan fingerprint density at radius 1 is 0.893 bits per heavy atom. The van der Waals surface area contributed by atoms with E-state index in [0.717, 1.165) is 0 Å². The van der Waals surface area contributed by atoms with Crippen LogP contribution in [-0.2, 0) is 14.3 Å². The second kappa shape index (κ2) is 8.60. The van der Waals surface area contributed by atoms with Crippen LogP contribution in [0.3, 0.4) is 0 Å². The van der Waals surface area contributed by atoms with Crippen molar-refractivity contribution in [1.82, 2.24) is 0 Å². The Labute approximate surface area is 170 Å². The van der Waals surface area contributed by atoms with Gasteiger partial charge in [-0.25, -0.2) is 4.79 Å². The highest BCUT2D eigenvalue weighted by Gasteiger charge is 2.46. The molecule has 6 heteroatoms. The molecule has 0 saturated carbocycles. The van der Waals surface area contributed by atoms with Crippen molar-refractivity contribution in [3.8, 4) is 0 Å². The first-order valence-corrected chi connectivity index (χ1v) is 10.4. The zero-order chi connectivity index (χ0) is 22.0. The predicted molar refractivity (Wildman–Crippen MR) is 108 cm³/mol. The highest BCUT2D eigenvalue weighted by molar-refractivity contribution is 5.74. The average Bonchev–Trinajstić information content (AvgIpc) is 2.82. The van der Waals surface area contributed by atoms with Crippen molar-refractivity contribution < 1.29 is 29.3 Å². The van der Waals surface area contributed by atoms with Gasteiger partial charge in [0.15, 0.2) is 0 Å². The molecular weight excluding hydrogens is 360 g/mol. The first-order chi connectivity index (χ1) is 12.5. The van der Waals surface area contributed by atoms with Crippen molar-refractivity contribution in [2.75, 3.05) is 0 Å². The van der Waals surface area contributed by atoms with E-state index in [-0.39, 0.29) is 10.8 Å². The highest BCUT2D eigenvalue weighted by atomic mass is 16.8. The summed E-state index contributed by atoms with van der Waals surface area (Å²) in [6.45, 7) is 15.6. The van der Waals surface area contributed by atoms with E-state index in [0.29, 0.717) is 38.5 Å². The minimum absolute atomic E-state index is 0.237. The molecule has 6 nitrogen and oxygen atoms in total. The maximum atomic E-state index is 11.8. The molecule has 1 rings (SSSR count). The van der Waals surface area contributed by atoms with Gasteiger partial charge in [0.1, 0.15) is 12.2 Å². The summed E-state index contributed by atoms with van der Waals surface area (Å²) >= 11 is 0. The van der Waals surface area contributed by atoms with Crippen LogP contribution in [0.5, 0.6) is 0 Å². The summed E-state index contributed by atoms with van der Waals surface area (Å²) in [7, 11) is 0. The lowest BCUT2D eigenvalue weighted by Gasteiger charge is -2.37. The van der Waals surface area contributed by atoms with E-state index in [9.17, 15) is 19.8 Å². The molecule has 164 valence electrons. The fourth-order valence-electron chi connectivity index (χ4n) is 4.57. The van der Waals surface area contributed by atoms with Crippen molar-refractivity contribution in [2.24, 2.45) is 16.2 Å². The molecule has 0 spiro atoms. The van der Waals surface area contributed by atoms with Crippen LogP contribution in [0.25, 0.3) is 0 Å². The molecule has 0 amide bonds. The lowest BCUT2D eigenvalue weighted by molar-refractivity contribution is -0.150. The molecule has 1 aliphatic rings. The van der Waals surface area contributed by atoms with Gasteiger partial charge in [-0.15, -0.1) is 0 Å². The van der Waals surface area contributed by atoms with Gasteiger partial charge in [0.25, 0.3) is 0 Å². The molecule has 0 aromatic carbocycles. The monoisotopic (exact) mass is 400 g/mol. The van der Waals surface area contributed by atoms with Crippen molar-refractivity contribution in [3.63, 3.8) is 0 Å². The Morgan fingerprint density at radius 3 is 1.68 bits per heavy atom. The standard InChI is InChI=1S/C22H40O6/c1-9-21(7,17(23)24)13-19(3,4)11-15-16(28-18(25)27-15)12-20(5,6)14-22(8,26)10-2/h15-16,26H,9-14H2,1-8H3,(H,23,24). The summed E-state index contributed by atoms with van der Waals surface area (Å²) in [5, 5.41) is 20.1. The van der Waals surface area contributed by atoms with Crippen LogP contribution in [0.1, 0.15) is 93.9 Å². The van der Waals surface area contributed by atoms with E-state index >= 15 is 0 Å². The number of carbonyl (C=O) groups excluding carboxylic acids is 1. The molecule has 0 aromatic heterocycles. The Balaban J connectivity index is 2.88. The molecule has 4 atom stereocenters. The van der Waals surface area contributed by atoms with Gasteiger partial charge in [-0.1, -0.05) is 41.5 Å². The van der Waals surface area contributed by atoms with Gasteiger partial charge in [-0.3, -0.25) is 4.79 Å². The molecule has 2 N–H and O–H groups in total. The van der Waals surface area contributed by atoms with Gasteiger partial charge >= 0.3 is 12.1 Å². The molecule has 0 radical (unpaired) electrons. The van der Waals surface area contributed by atoms with E-state index < -0.39 is 35.3 Å². The van der Waals surface area contributed by atoms with E-state index in [1.807, 2.05) is 34.6 Å². The Hall–Kier alpha value is -1.30. The van der Waals surface area contributed by atoms with Crippen LogP contribution >= 0.6 is 0 Å². The van der Waals surface area contributed by atoms with Crippen LogP contribution in [0.4, 0.5) is 4.79 Å². The van der Waals surface area contributed by atoms with Gasteiger partial charge < -0.3 is 19.7 Å². The molecular formula is C22H40O6. The third-order valence-corrected chi connectivity index (χ3v) is 6.20. The summed E-state index contributed by atoms with van der Waals surface area (Å²) in [6, 6.07) is 0. The van der Waals surface area contributed by atoms with Crippen molar-refractivity contribution >= 4 is 12.1 Å². The first kappa shape index (κ1) is 24.7. The van der Waals surface area contributed by atoms with E-state index in [1.54, 1.807) is 6.92 Å². The van der Waals surface area contributed by atoms with E-state index in [2.05, 4.69) is 13.8 Å².